The summed E-state index contributed by atoms with van der Waals surface area (Å²) in [6, 6.07) is 8.97. The number of halogens is 1. The second kappa shape index (κ2) is 12.1. The molecule has 0 saturated heterocycles. The number of H-pyrrole nitrogens is 1. The number of allylic oxidation sites excluding steroid dienone is 4. The number of aromatic amines is 1. The Morgan fingerprint density at radius 1 is 0.610 bits per heavy atom. The Morgan fingerprint density at radius 3 is 1.71 bits per heavy atom. The molecule has 1 N–H and O–H groups in total. The summed E-state index contributed by atoms with van der Waals surface area (Å²) >= 11 is 4.17. The second-order valence-electron chi connectivity index (χ2n) is 10.9. The number of hydrogen-bond donors (Lipinski definition) is 1. The fourth-order valence-corrected chi connectivity index (χ4v) is 7.92. The molecule has 5 rings (SSSR count). The Morgan fingerprint density at radius 2 is 1.15 bits per heavy atom. The molecule has 0 amide bonds. The van der Waals surface area contributed by atoms with E-state index in [0.29, 0.717) is 0 Å². The predicted octanol–water partition coefficient (Wildman–Crippen LogP) is 10.7. The molecule has 3 aromatic heterocycles. The first-order valence-electron chi connectivity index (χ1n) is 15.8. The number of aryl methyl sites for hydroxylation is 3. The summed E-state index contributed by atoms with van der Waals surface area (Å²) in [6.07, 6.45) is 6.69. The van der Waals surface area contributed by atoms with Crippen molar-refractivity contribution in [3.63, 3.8) is 0 Å². The van der Waals surface area contributed by atoms with Crippen molar-refractivity contribution >= 4 is 60.3 Å². The third-order valence-electron chi connectivity index (χ3n) is 8.97. The van der Waals surface area contributed by atoms with Crippen LogP contribution in [0.15, 0.2) is 28.7 Å². The highest BCUT2D eigenvalue weighted by atomic mass is 79.9. The van der Waals surface area contributed by atoms with E-state index in [2.05, 4.69) is 105 Å². The zero-order valence-corrected chi connectivity index (χ0v) is 27.8. The number of fused-ring (bicyclic) bond motifs is 8. The lowest BCUT2D eigenvalue weighted by atomic mass is 9.93. The van der Waals surface area contributed by atoms with Gasteiger partial charge >= 0.3 is 0 Å². The highest BCUT2D eigenvalue weighted by molar-refractivity contribution is 9.10. The van der Waals surface area contributed by atoms with Gasteiger partial charge in [-0.25, -0.2) is 9.97 Å². The summed E-state index contributed by atoms with van der Waals surface area (Å²) in [5.74, 6) is 0. The molecule has 2 aliphatic rings. The fourth-order valence-electron chi connectivity index (χ4n) is 7.14. The monoisotopic (exact) mass is 612 g/mol. The number of nitrogens with zero attached hydrogens (tertiary/aromatic N) is 3. The number of aromatic nitrogens is 4. The average Bonchev–Trinajstić information content (AvgIpc) is 3.74. The zero-order chi connectivity index (χ0) is 29.4. The van der Waals surface area contributed by atoms with Crippen LogP contribution in [0.4, 0.5) is 0 Å². The van der Waals surface area contributed by atoms with Crippen LogP contribution in [0.1, 0.15) is 121 Å². The zero-order valence-electron chi connectivity index (χ0n) is 26.2. The quantitative estimate of drug-likeness (QED) is 0.275. The maximum absolute atomic E-state index is 5.53. The maximum atomic E-state index is 5.53. The van der Waals surface area contributed by atoms with E-state index in [9.17, 15) is 0 Å². The smallest absolute Gasteiger partial charge is 0.0835 e. The van der Waals surface area contributed by atoms with E-state index in [1.165, 1.54) is 50.0 Å². The summed E-state index contributed by atoms with van der Waals surface area (Å²) in [5, 5.41) is 0. The van der Waals surface area contributed by atoms with Gasteiger partial charge in [0.05, 0.1) is 32.8 Å². The molecule has 4 nitrogen and oxygen atoms in total. The first kappa shape index (κ1) is 29.6. The highest BCUT2D eigenvalue weighted by Crippen LogP contribution is 2.44. The molecule has 41 heavy (non-hydrogen) atoms. The lowest BCUT2D eigenvalue weighted by Gasteiger charge is -2.10. The SMILES string of the molecule is CCC1=C(CC)c2nc1cc1ccc(cc3c(CC)c(CC)c(c(Br)c4nc(c2CC)C(CC)=C4CC)n3CC)[nH]1. The molecule has 0 saturated carbocycles. The second-order valence-corrected chi connectivity index (χ2v) is 11.7. The topological polar surface area (TPSA) is 46.5 Å². The normalized spacial score (nSPS) is 13.6. The average molecular weight is 614 g/mol. The molecule has 0 aliphatic carbocycles. The van der Waals surface area contributed by atoms with Gasteiger partial charge in [-0.1, -0.05) is 48.5 Å². The van der Waals surface area contributed by atoms with E-state index in [4.69, 9.17) is 9.97 Å². The Bertz CT molecular complexity index is 1730. The van der Waals surface area contributed by atoms with Crippen LogP contribution >= 0.6 is 15.9 Å². The molecule has 8 bridgehead atoms. The lowest BCUT2D eigenvalue weighted by molar-refractivity contribution is 0.820. The van der Waals surface area contributed by atoms with E-state index in [-0.39, 0.29) is 0 Å². The molecule has 2 aliphatic heterocycles. The number of rotatable bonds is 8. The predicted molar refractivity (Wildman–Crippen MR) is 181 cm³/mol. The number of hydrogen-bond acceptors (Lipinski definition) is 2. The minimum atomic E-state index is 0.892. The van der Waals surface area contributed by atoms with Crippen LogP contribution in [0.25, 0.3) is 44.4 Å². The van der Waals surface area contributed by atoms with E-state index in [1.807, 2.05) is 0 Å². The van der Waals surface area contributed by atoms with Crippen LogP contribution in [-0.4, -0.2) is 19.5 Å². The van der Waals surface area contributed by atoms with Gasteiger partial charge in [-0.3, -0.25) is 0 Å². The van der Waals surface area contributed by atoms with Crippen molar-refractivity contribution in [3.8, 4) is 0 Å². The lowest BCUT2D eigenvalue weighted by Crippen LogP contribution is -1.98. The van der Waals surface area contributed by atoms with Crippen molar-refractivity contribution in [2.45, 2.75) is 107 Å². The molecular weight excluding hydrogens is 568 g/mol. The molecule has 3 aromatic rings. The van der Waals surface area contributed by atoms with Crippen molar-refractivity contribution in [2.75, 3.05) is 0 Å². The van der Waals surface area contributed by atoms with Crippen molar-refractivity contribution < 1.29 is 0 Å². The Balaban J connectivity index is 2.12. The molecule has 5 heterocycles. The Hall–Kier alpha value is -2.92. The van der Waals surface area contributed by atoms with Crippen LogP contribution < -0.4 is 0 Å². The van der Waals surface area contributed by atoms with Crippen molar-refractivity contribution in [1.29, 1.82) is 0 Å². The largest absolute Gasteiger partial charge is 0.355 e. The summed E-state index contributed by atoms with van der Waals surface area (Å²) in [7, 11) is 0. The number of nitrogens with one attached hydrogen (secondary N) is 1. The Labute approximate surface area is 254 Å². The van der Waals surface area contributed by atoms with E-state index in [1.54, 1.807) is 0 Å². The summed E-state index contributed by atoms with van der Waals surface area (Å²) < 4.78 is 3.61. The van der Waals surface area contributed by atoms with Gasteiger partial charge < -0.3 is 9.55 Å². The fraction of sp³-hybridized carbons (Fsp3) is 0.444. The van der Waals surface area contributed by atoms with Crippen LogP contribution in [-0.2, 0) is 25.8 Å². The van der Waals surface area contributed by atoms with Crippen molar-refractivity contribution in [1.82, 2.24) is 19.5 Å². The summed E-state index contributed by atoms with van der Waals surface area (Å²) in [4.78, 5) is 14.6. The Kier molecular flexibility index (Phi) is 8.75. The maximum Gasteiger partial charge on any atom is 0.0835 e. The first-order chi connectivity index (χ1) is 19.9. The van der Waals surface area contributed by atoms with Gasteiger partial charge in [0.2, 0.25) is 0 Å². The van der Waals surface area contributed by atoms with Gasteiger partial charge in [-0.15, -0.1) is 0 Å². The summed E-state index contributed by atoms with van der Waals surface area (Å²) in [6.45, 7) is 19.1. The van der Waals surface area contributed by atoms with Gasteiger partial charge in [0, 0.05) is 28.7 Å². The minimum Gasteiger partial charge on any atom is -0.355 e. The van der Waals surface area contributed by atoms with Gasteiger partial charge in [-0.05, 0) is 125 Å². The molecule has 0 spiro atoms. The molecule has 0 radical (unpaired) electrons. The van der Waals surface area contributed by atoms with E-state index in [0.717, 1.165) is 89.8 Å². The molecule has 216 valence electrons. The van der Waals surface area contributed by atoms with Crippen LogP contribution in [0.5, 0.6) is 0 Å². The van der Waals surface area contributed by atoms with E-state index >= 15 is 0 Å². The van der Waals surface area contributed by atoms with Crippen LogP contribution in [0, 0.1) is 0 Å². The molecule has 0 unspecified atom stereocenters. The van der Waals surface area contributed by atoms with Crippen LogP contribution in [0.3, 0.4) is 0 Å². The standard InChI is InChI=1S/C36H45BrN4/c1-9-23-25(11-3)33-29(15-7)34-26(12-4)27(13-5)35(40-34)32(37)36-28(14-6)24(10-2)31(41(36)16-8)20-22-18-17-21(38-22)19-30(23)39-33/h17-20,38H,9-16H2,1-8H3. The third kappa shape index (κ3) is 4.74. The third-order valence-corrected chi connectivity index (χ3v) is 9.72. The first-order valence-corrected chi connectivity index (χ1v) is 16.6. The van der Waals surface area contributed by atoms with Gasteiger partial charge in [0.15, 0.2) is 0 Å². The van der Waals surface area contributed by atoms with E-state index < -0.39 is 0 Å². The highest BCUT2D eigenvalue weighted by Gasteiger charge is 2.28. The van der Waals surface area contributed by atoms with Crippen molar-refractivity contribution in [2.24, 2.45) is 0 Å². The molecule has 0 fully saturated rings. The minimum absolute atomic E-state index is 0.892. The summed E-state index contributed by atoms with van der Waals surface area (Å²) in [5.41, 5.74) is 18.8. The molecule has 0 atom stereocenters. The van der Waals surface area contributed by atoms with Gasteiger partial charge in [0.1, 0.15) is 0 Å². The van der Waals surface area contributed by atoms with Gasteiger partial charge in [0.25, 0.3) is 0 Å². The molecular formula is C36H45BrN4. The van der Waals surface area contributed by atoms with Crippen molar-refractivity contribution in [3.05, 3.63) is 68.2 Å². The van der Waals surface area contributed by atoms with Gasteiger partial charge in [-0.2, -0.15) is 0 Å². The molecule has 0 aromatic carbocycles. The van der Waals surface area contributed by atoms with Crippen LogP contribution in [0.2, 0.25) is 0 Å². The molecule has 5 heteroatoms.